The number of aliphatic imine (C=N–C) groups is 2. The van der Waals surface area contributed by atoms with Gasteiger partial charge in [-0.3, -0.25) is 9.98 Å². The molecule has 0 aliphatic rings. The van der Waals surface area contributed by atoms with Crippen molar-refractivity contribution in [3.63, 3.8) is 0 Å². The summed E-state index contributed by atoms with van der Waals surface area (Å²) < 4.78 is 0. The highest BCUT2D eigenvalue weighted by Gasteiger charge is 1.47. The van der Waals surface area contributed by atoms with Gasteiger partial charge < -0.3 is 0 Å². The highest BCUT2D eigenvalue weighted by Crippen LogP contribution is 1.68. The second kappa shape index (κ2) is 42.7. The summed E-state index contributed by atoms with van der Waals surface area (Å²) in [5.41, 5.74) is 0. The molecular weight excluding hydrogens is 124 g/mol. The third-order valence-electron chi connectivity index (χ3n) is 0.277. The molecule has 0 heterocycles. The maximum Gasteiger partial charge on any atom is 0.0443 e. The number of rotatable bonds is 2. The predicted octanol–water partition coefficient (Wildman–Crippen LogP) is 2.91. The lowest BCUT2D eigenvalue weighted by Gasteiger charge is -1.62. The van der Waals surface area contributed by atoms with Crippen LogP contribution in [0.15, 0.2) is 22.4 Å². The van der Waals surface area contributed by atoms with E-state index in [4.69, 9.17) is 0 Å². The van der Waals surface area contributed by atoms with Crippen molar-refractivity contribution in [3.8, 4) is 0 Å². The van der Waals surface area contributed by atoms with Crippen LogP contribution in [0, 0.1) is 0 Å². The Kier molecular flexibility index (Phi) is 68.5. The first-order valence-corrected chi connectivity index (χ1v) is 3.48. The fraction of sp³-hybridized carbons (Fsp3) is 0.500. The molecule has 0 rings (SSSR count). The van der Waals surface area contributed by atoms with Gasteiger partial charge in [-0.05, 0) is 13.4 Å². The largest absolute Gasteiger partial charge is 0.271 e. The summed E-state index contributed by atoms with van der Waals surface area (Å²) >= 11 is 0. The van der Waals surface area contributed by atoms with E-state index < -0.39 is 0 Å². The van der Waals surface area contributed by atoms with Crippen molar-refractivity contribution >= 4 is 13.4 Å². The zero-order valence-corrected chi connectivity index (χ0v) is 7.46. The van der Waals surface area contributed by atoms with Crippen LogP contribution >= 0.6 is 0 Å². The molecule has 0 aromatic carbocycles. The van der Waals surface area contributed by atoms with Gasteiger partial charge in [-0.1, -0.05) is 27.7 Å². The minimum Gasteiger partial charge on any atom is -0.271 e. The van der Waals surface area contributed by atoms with E-state index in [1.807, 2.05) is 27.7 Å². The number of nitrogens with zero attached hydrogens (tertiary/aromatic N) is 2. The van der Waals surface area contributed by atoms with Gasteiger partial charge in [0.25, 0.3) is 0 Å². The zero-order chi connectivity index (χ0) is 8.83. The molecule has 2 heteroatoms. The summed E-state index contributed by atoms with van der Waals surface area (Å²) in [6.07, 6.45) is 2.93. The van der Waals surface area contributed by atoms with Crippen LogP contribution in [-0.4, -0.2) is 13.4 Å². The summed E-state index contributed by atoms with van der Waals surface area (Å²) in [7, 11) is 0. The molecule has 0 aliphatic carbocycles. The van der Waals surface area contributed by atoms with Gasteiger partial charge >= 0.3 is 0 Å². The first-order valence-electron chi connectivity index (χ1n) is 3.48. The molecule has 0 aromatic heterocycles. The molecule has 2 nitrogen and oxygen atoms in total. The molecule has 10 heavy (non-hydrogen) atoms. The van der Waals surface area contributed by atoms with Gasteiger partial charge in [0.1, 0.15) is 0 Å². The Morgan fingerprint density at radius 2 is 1.00 bits per heavy atom. The van der Waals surface area contributed by atoms with E-state index in [0.29, 0.717) is 0 Å². The molecule has 0 atom stereocenters. The predicted molar refractivity (Wildman–Crippen MR) is 50.9 cm³/mol. The van der Waals surface area contributed by atoms with Crippen molar-refractivity contribution in [2.24, 2.45) is 9.98 Å². The van der Waals surface area contributed by atoms with Crippen molar-refractivity contribution in [3.05, 3.63) is 12.4 Å². The molecule has 0 spiro atoms. The van der Waals surface area contributed by atoms with Gasteiger partial charge in [-0.15, -0.1) is 0 Å². The summed E-state index contributed by atoms with van der Waals surface area (Å²) in [6.45, 7) is 14.3. The van der Waals surface area contributed by atoms with E-state index in [1.165, 1.54) is 12.4 Å². The van der Waals surface area contributed by atoms with Crippen LogP contribution in [0.1, 0.15) is 27.7 Å². The highest BCUT2D eigenvalue weighted by molar-refractivity contribution is 5.27. The Labute approximate surface area is 64.4 Å². The Bertz CT molecular complexity index is 65.3. The minimum absolute atomic E-state index is 1.47. The van der Waals surface area contributed by atoms with Crippen LogP contribution in [0.3, 0.4) is 0 Å². The normalized spacial score (nSPS) is 6.40. The van der Waals surface area contributed by atoms with Crippen LogP contribution in [-0.2, 0) is 0 Å². The van der Waals surface area contributed by atoms with Crippen molar-refractivity contribution in [1.82, 2.24) is 0 Å². The van der Waals surface area contributed by atoms with Crippen molar-refractivity contribution in [2.45, 2.75) is 27.7 Å². The van der Waals surface area contributed by atoms with E-state index in [9.17, 15) is 0 Å². The van der Waals surface area contributed by atoms with Gasteiger partial charge in [-0.25, -0.2) is 0 Å². The van der Waals surface area contributed by atoms with E-state index in [2.05, 4.69) is 23.4 Å². The minimum atomic E-state index is 1.47. The first-order chi connectivity index (χ1) is 4.91. The SMILES string of the molecule is C=N/C=C\N=C.CC.CC. The third-order valence-corrected chi connectivity index (χ3v) is 0.277. The molecule has 0 bridgehead atoms. The Morgan fingerprint density at radius 1 is 0.800 bits per heavy atom. The Balaban J connectivity index is -0.000000105. The van der Waals surface area contributed by atoms with Crippen LogP contribution in [0.4, 0.5) is 0 Å². The van der Waals surface area contributed by atoms with E-state index in [1.54, 1.807) is 0 Å². The molecule has 60 valence electrons. The lowest BCUT2D eigenvalue weighted by Crippen LogP contribution is -1.41. The molecule has 0 saturated heterocycles. The molecule has 0 saturated carbocycles. The molecule has 0 N–H and O–H groups in total. The maximum absolute atomic E-state index is 3.36. The van der Waals surface area contributed by atoms with Crippen LogP contribution < -0.4 is 0 Å². The Morgan fingerprint density at radius 3 is 1.10 bits per heavy atom. The molecule has 0 fully saturated rings. The van der Waals surface area contributed by atoms with Crippen molar-refractivity contribution < 1.29 is 0 Å². The molecule has 0 amide bonds. The van der Waals surface area contributed by atoms with Gasteiger partial charge in [0.2, 0.25) is 0 Å². The third kappa shape index (κ3) is 60.5. The fourth-order valence-corrected chi connectivity index (χ4v) is 0.0943. The molecule has 0 aromatic rings. The second-order valence-electron chi connectivity index (χ2n) is 0.663. The lowest BCUT2D eigenvalue weighted by atomic mass is 10.9. The van der Waals surface area contributed by atoms with Crippen molar-refractivity contribution in [2.75, 3.05) is 0 Å². The molecular formula is C8H18N2. The second-order valence-corrected chi connectivity index (χ2v) is 0.663. The van der Waals surface area contributed by atoms with Crippen LogP contribution in [0.5, 0.6) is 0 Å². The topological polar surface area (TPSA) is 24.7 Å². The molecule has 0 aliphatic heterocycles. The van der Waals surface area contributed by atoms with Crippen LogP contribution in [0.2, 0.25) is 0 Å². The quantitative estimate of drug-likeness (QED) is 0.530. The Hall–Kier alpha value is -0.920. The van der Waals surface area contributed by atoms with E-state index >= 15 is 0 Å². The van der Waals surface area contributed by atoms with E-state index in [0.717, 1.165) is 0 Å². The van der Waals surface area contributed by atoms with Gasteiger partial charge in [0.15, 0.2) is 0 Å². The monoisotopic (exact) mass is 142 g/mol. The first kappa shape index (κ1) is 16.0. The van der Waals surface area contributed by atoms with E-state index in [-0.39, 0.29) is 0 Å². The average Bonchev–Trinajstić information content (AvgIpc) is 2.08. The van der Waals surface area contributed by atoms with Gasteiger partial charge in [0, 0.05) is 12.4 Å². The van der Waals surface area contributed by atoms with Gasteiger partial charge in [0.05, 0.1) is 0 Å². The zero-order valence-electron chi connectivity index (χ0n) is 7.46. The van der Waals surface area contributed by atoms with Crippen molar-refractivity contribution in [1.29, 1.82) is 0 Å². The number of hydrogen-bond donors (Lipinski definition) is 0. The van der Waals surface area contributed by atoms with Gasteiger partial charge in [-0.2, -0.15) is 0 Å². The summed E-state index contributed by atoms with van der Waals surface area (Å²) in [5, 5.41) is 0. The van der Waals surface area contributed by atoms with Crippen LogP contribution in [0.25, 0.3) is 0 Å². The molecule has 0 unspecified atom stereocenters. The highest BCUT2D eigenvalue weighted by atomic mass is 14.7. The fourth-order valence-electron chi connectivity index (χ4n) is 0.0943. The summed E-state index contributed by atoms with van der Waals surface area (Å²) in [5.74, 6) is 0. The lowest BCUT2D eigenvalue weighted by molar-refractivity contribution is 1.50. The smallest absolute Gasteiger partial charge is 0.0443 e. The summed E-state index contributed by atoms with van der Waals surface area (Å²) in [4.78, 5) is 6.72. The molecule has 0 radical (unpaired) electrons. The summed E-state index contributed by atoms with van der Waals surface area (Å²) in [6, 6.07) is 0. The maximum atomic E-state index is 3.36. The standard InChI is InChI=1S/C4H6N2.2C2H6/c1-5-3-4-6-2;2*1-2/h3-4H,1-2H2;2*1-2H3/b4-3-;;. The number of hydrogen-bond acceptors (Lipinski definition) is 2. The average molecular weight is 142 g/mol.